The summed E-state index contributed by atoms with van der Waals surface area (Å²) < 4.78 is 0.793. The molecule has 1 aliphatic heterocycles. The van der Waals surface area contributed by atoms with Gasteiger partial charge in [-0.1, -0.05) is 40.2 Å². The van der Waals surface area contributed by atoms with Crippen LogP contribution < -0.4 is 5.32 Å². The number of hydrogen-bond acceptors (Lipinski definition) is 2. The molecular formula is C13H13BrN2O2. The lowest BCUT2D eigenvalue weighted by atomic mass is 9.92. The third-order valence-electron chi connectivity index (χ3n) is 3.00. The highest BCUT2D eigenvalue weighted by Crippen LogP contribution is 2.33. The van der Waals surface area contributed by atoms with E-state index in [-0.39, 0.29) is 12.5 Å². The molecule has 0 aliphatic carbocycles. The number of nitrogens with zero attached hydrogens (tertiary/aromatic N) is 1. The molecule has 1 fully saturated rings. The quantitative estimate of drug-likeness (QED) is 0.688. The minimum atomic E-state index is -1.03. The average Bonchev–Trinajstić information content (AvgIpc) is 2.55. The number of hydrogen-bond donors (Lipinski definition) is 1. The maximum absolute atomic E-state index is 12.4. The summed E-state index contributed by atoms with van der Waals surface area (Å²) in [5, 5.41) is 2.73. The highest BCUT2D eigenvalue weighted by molar-refractivity contribution is 9.10. The van der Waals surface area contributed by atoms with Gasteiger partial charge in [0.15, 0.2) is 0 Å². The van der Waals surface area contributed by atoms with Gasteiger partial charge in [-0.15, -0.1) is 6.58 Å². The summed E-state index contributed by atoms with van der Waals surface area (Å²) in [7, 11) is 0. The summed E-state index contributed by atoms with van der Waals surface area (Å²) >= 11 is 3.41. The second kappa shape index (κ2) is 4.57. The molecule has 0 saturated carbocycles. The first-order valence-electron chi connectivity index (χ1n) is 5.50. The van der Waals surface area contributed by atoms with Crippen molar-refractivity contribution in [2.75, 3.05) is 6.54 Å². The molecule has 3 amide bonds. The topological polar surface area (TPSA) is 49.4 Å². The van der Waals surface area contributed by atoms with Gasteiger partial charge in [-0.3, -0.25) is 9.69 Å². The molecule has 1 aliphatic rings. The van der Waals surface area contributed by atoms with Crippen molar-refractivity contribution < 1.29 is 9.59 Å². The van der Waals surface area contributed by atoms with E-state index in [1.807, 2.05) is 24.3 Å². The first-order valence-corrected chi connectivity index (χ1v) is 6.30. The van der Waals surface area contributed by atoms with Gasteiger partial charge < -0.3 is 5.32 Å². The number of urea groups is 1. The van der Waals surface area contributed by atoms with Gasteiger partial charge in [0.2, 0.25) is 0 Å². The zero-order valence-corrected chi connectivity index (χ0v) is 11.5. The Hall–Kier alpha value is -1.62. The number of amides is 3. The maximum atomic E-state index is 12.4. The van der Waals surface area contributed by atoms with Crippen LogP contribution in [0.2, 0.25) is 0 Å². The summed E-state index contributed by atoms with van der Waals surface area (Å²) in [4.78, 5) is 25.3. The Morgan fingerprint density at radius 1 is 1.44 bits per heavy atom. The minimum absolute atomic E-state index is 0.213. The SMILES string of the molecule is C=CCN1C(=O)NC(C)(c2ccccc2Br)C1=O. The van der Waals surface area contributed by atoms with Crippen molar-refractivity contribution in [1.82, 2.24) is 10.2 Å². The fraction of sp³-hybridized carbons (Fsp3) is 0.231. The van der Waals surface area contributed by atoms with E-state index in [0.717, 1.165) is 14.9 Å². The van der Waals surface area contributed by atoms with Gasteiger partial charge >= 0.3 is 6.03 Å². The van der Waals surface area contributed by atoms with Crippen LogP contribution in [0.5, 0.6) is 0 Å². The average molecular weight is 309 g/mol. The smallest absolute Gasteiger partial charge is 0.319 e. The van der Waals surface area contributed by atoms with Gasteiger partial charge in [-0.25, -0.2) is 4.79 Å². The van der Waals surface area contributed by atoms with E-state index >= 15 is 0 Å². The summed E-state index contributed by atoms with van der Waals surface area (Å²) in [6.45, 7) is 5.47. The normalized spacial score (nSPS) is 23.1. The van der Waals surface area contributed by atoms with Crippen molar-refractivity contribution in [3.8, 4) is 0 Å². The zero-order valence-electron chi connectivity index (χ0n) is 9.94. The van der Waals surface area contributed by atoms with E-state index in [9.17, 15) is 9.59 Å². The molecule has 1 atom stereocenters. The molecule has 0 radical (unpaired) electrons. The number of nitrogens with one attached hydrogen (secondary N) is 1. The number of imide groups is 1. The Morgan fingerprint density at radius 3 is 2.72 bits per heavy atom. The summed E-state index contributed by atoms with van der Waals surface area (Å²) in [6, 6.07) is 6.97. The minimum Gasteiger partial charge on any atom is -0.319 e. The van der Waals surface area contributed by atoms with Crippen molar-refractivity contribution in [2.45, 2.75) is 12.5 Å². The van der Waals surface area contributed by atoms with E-state index in [2.05, 4.69) is 27.8 Å². The van der Waals surface area contributed by atoms with Crippen LogP contribution in [0.3, 0.4) is 0 Å². The number of benzene rings is 1. The number of halogens is 1. The van der Waals surface area contributed by atoms with E-state index in [0.29, 0.717) is 0 Å². The molecule has 94 valence electrons. The molecule has 0 bridgehead atoms. The second-order valence-electron chi connectivity index (χ2n) is 4.24. The van der Waals surface area contributed by atoms with Crippen LogP contribution >= 0.6 is 15.9 Å². The number of carbonyl (C=O) groups is 2. The zero-order chi connectivity index (χ0) is 13.3. The predicted molar refractivity (Wildman–Crippen MR) is 71.9 cm³/mol. The second-order valence-corrected chi connectivity index (χ2v) is 5.09. The Morgan fingerprint density at radius 2 is 2.11 bits per heavy atom. The van der Waals surface area contributed by atoms with E-state index < -0.39 is 11.6 Å². The first kappa shape index (κ1) is 12.8. The highest BCUT2D eigenvalue weighted by Gasteiger charge is 2.49. The van der Waals surface area contributed by atoms with Crippen LogP contribution in [0.1, 0.15) is 12.5 Å². The first-order chi connectivity index (χ1) is 8.50. The van der Waals surface area contributed by atoms with E-state index in [4.69, 9.17) is 0 Å². The van der Waals surface area contributed by atoms with Crippen LogP contribution in [-0.2, 0) is 10.3 Å². The Bertz CT molecular complexity index is 529. The molecule has 1 aromatic carbocycles. The molecule has 1 saturated heterocycles. The Kier molecular flexibility index (Phi) is 3.26. The van der Waals surface area contributed by atoms with Crippen LogP contribution in [-0.4, -0.2) is 23.4 Å². The molecular weight excluding hydrogens is 296 g/mol. The van der Waals surface area contributed by atoms with Crippen LogP contribution in [0, 0.1) is 0 Å². The van der Waals surface area contributed by atoms with Crippen LogP contribution in [0.15, 0.2) is 41.4 Å². The molecule has 18 heavy (non-hydrogen) atoms. The fourth-order valence-corrected chi connectivity index (χ4v) is 2.72. The van der Waals surface area contributed by atoms with Crippen molar-refractivity contribution >= 4 is 27.9 Å². The molecule has 2 rings (SSSR count). The number of rotatable bonds is 3. The Balaban J connectivity index is 2.45. The van der Waals surface area contributed by atoms with Gasteiger partial charge in [0.1, 0.15) is 5.54 Å². The van der Waals surface area contributed by atoms with Gasteiger partial charge in [-0.05, 0) is 13.0 Å². The van der Waals surface area contributed by atoms with Crippen molar-refractivity contribution in [3.63, 3.8) is 0 Å². The molecule has 1 heterocycles. The van der Waals surface area contributed by atoms with Crippen molar-refractivity contribution in [1.29, 1.82) is 0 Å². The molecule has 1 unspecified atom stereocenters. The van der Waals surface area contributed by atoms with Gasteiger partial charge in [-0.2, -0.15) is 0 Å². The van der Waals surface area contributed by atoms with Crippen molar-refractivity contribution in [2.24, 2.45) is 0 Å². The summed E-state index contributed by atoms with van der Waals surface area (Å²) in [5.41, 5.74) is -0.282. The lowest BCUT2D eigenvalue weighted by Crippen LogP contribution is -2.41. The summed E-state index contributed by atoms with van der Waals surface area (Å²) in [6.07, 6.45) is 1.53. The monoisotopic (exact) mass is 308 g/mol. The largest absolute Gasteiger partial charge is 0.325 e. The van der Waals surface area contributed by atoms with E-state index in [1.165, 1.54) is 6.08 Å². The third kappa shape index (κ3) is 1.84. The van der Waals surface area contributed by atoms with Gasteiger partial charge in [0.25, 0.3) is 5.91 Å². The lowest BCUT2D eigenvalue weighted by Gasteiger charge is -2.23. The highest BCUT2D eigenvalue weighted by atomic mass is 79.9. The molecule has 1 N–H and O–H groups in total. The standard InChI is InChI=1S/C13H13BrN2O2/c1-3-8-16-11(17)13(2,15-12(16)18)9-6-4-5-7-10(9)14/h3-7H,1,8H2,2H3,(H,15,18). The maximum Gasteiger partial charge on any atom is 0.325 e. The van der Waals surface area contributed by atoms with E-state index in [1.54, 1.807) is 6.92 Å². The Labute approximate surface area is 114 Å². The van der Waals surface area contributed by atoms with Gasteiger partial charge in [0, 0.05) is 16.6 Å². The van der Waals surface area contributed by atoms with Gasteiger partial charge in [0.05, 0.1) is 0 Å². The van der Waals surface area contributed by atoms with Crippen LogP contribution in [0.25, 0.3) is 0 Å². The third-order valence-corrected chi connectivity index (χ3v) is 3.69. The lowest BCUT2D eigenvalue weighted by molar-refractivity contribution is -0.130. The molecule has 0 spiro atoms. The molecule has 4 nitrogen and oxygen atoms in total. The molecule has 0 aromatic heterocycles. The number of carbonyl (C=O) groups excluding carboxylic acids is 2. The summed E-state index contributed by atoms with van der Waals surface area (Å²) in [5.74, 6) is -0.265. The molecule has 1 aromatic rings. The van der Waals surface area contributed by atoms with Crippen LogP contribution in [0.4, 0.5) is 4.79 Å². The molecule has 5 heteroatoms. The fourth-order valence-electron chi connectivity index (χ4n) is 2.04. The van der Waals surface area contributed by atoms with Crippen molar-refractivity contribution in [3.05, 3.63) is 47.0 Å². The predicted octanol–water partition coefficient (Wildman–Crippen LogP) is 2.40.